The smallest absolute Gasteiger partial charge is 0.336 e. The van der Waals surface area contributed by atoms with E-state index >= 15 is 0 Å². The normalized spacial score (nSPS) is 11.4. The molecule has 194 valence electrons. The van der Waals surface area contributed by atoms with Gasteiger partial charge in [0.25, 0.3) is 5.91 Å². The fraction of sp³-hybridized carbons (Fsp3) is 0.143. The number of nitrogens with zero attached hydrogens (tertiary/aromatic N) is 1. The van der Waals surface area contributed by atoms with Crippen molar-refractivity contribution in [2.45, 2.75) is 23.5 Å². The Labute approximate surface area is 228 Å². The molecule has 0 saturated carbocycles. The summed E-state index contributed by atoms with van der Waals surface area (Å²) in [4.78, 5) is 42.5. The van der Waals surface area contributed by atoms with Gasteiger partial charge in [0.1, 0.15) is 5.75 Å². The lowest BCUT2D eigenvalue weighted by atomic mass is 10.1. The van der Waals surface area contributed by atoms with Gasteiger partial charge >= 0.3 is 5.97 Å². The monoisotopic (exact) mass is 547 g/mol. The first-order chi connectivity index (χ1) is 18.4. The fourth-order valence-corrected chi connectivity index (χ4v) is 5.35. The highest BCUT2D eigenvalue weighted by molar-refractivity contribution is 8.00. The van der Waals surface area contributed by atoms with Gasteiger partial charge in [0.05, 0.1) is 29.2 Å². The zero-order valence-corrected chi connectivity index (χ0v) is 22.3. The second kappa shape index (κ2) is 12.4. The average molecular weight is 548 g/mol. The van der Waals surface area contributed by atoms with Gasteiger partial charge < -0.3 is 20.5 Å². The largest absolute Gasteiger partial charge is 0.497 e. The lowest BCUT2D eigenvalue weighted by molar-refractivity contribution is -0.115. The van der Waals surface area contributed by atoms with Crippen LogP contribution in [0.5, 0.6) is 5.75 Å². The number of hydrogen-bond donors (Lipinski definition) is 3. The molecule has 1 aromatic heterocycles. The lowest BCUT2D eigenvalue weighted by Crippen LogP contribution is -2.24. The summed E-state index contributed by atoms with van der Waals surface area (Å²) in [5.74, 6) is -1.11. The van der Waals surface area contributed by atoms with Crippen LogP contribution < -0.4 is 15.4 Å². The summed E-state index contributed by atoms with van der Waals surface area (Å²) in [5, 5.41) is 17.0. The number of aromatic carboxylic acids is 1. The summed E-state index contributed by atoms with van der Waals surface area (Å²) in [7, 11) is 1.61. The van der Waals surface area contributed by atoms with E-state index in [1.165, 1.54) is 35.2 Å². The van der Waals surface area contributed by atoms with Crippen LogP contribution >= 0.6 is 23.1 Å². The Morgan fingerprint density at radius 2 is 1.74 bits per heavy atom. The second-order valence-electron chi connectivity index (χ2n) is 8.10. The summed E-state index contributed by atoms with van der Waals surface area (Å²) in [5.41, 5.74) is 2.19. The van der Waals surface area contributed by atoms with Crippen molar-refractivity contribution in [1.29, 1.82) is 0 Å². The minimum Gasteiger partial charge on any atom is -0.497 e. The maximum atomic E-state index is 13.0. The van der Waals surface area contributed by atoms with Crippen molar-refractivity contribution in [3.8, 4) is 17.0 Å². The van der Waals surface area contributed by atoms with Crippen molar-refractivity contribution >= 4 is 51.7 Å². The van der Waals surface area contributed by atoms with Gasteiger partial charge in [0, 0.05) is 21.5 Å². The van der Waals surface area contributed by atoms with E-state index in [1.807, 2.05) is 42.6 Å². The van der Waals surface area contributed by atoms with Crippen molar-refractivity contribution in [2.75, 3.05) is 17.7 Å². The molecule has 3 aromatic carbocycles. The third-order valence-corrected chi connectivity index (χ3v) is 7.67. The van der Waals surface area contributed by atoms with Gasteiger partial charge in [-0.05, 0) is 61.0 Å². The number of thioether (sulfide) groups is 1. The Kier molecular flexibility index (Phi) is 8.77. The zero-order valence-electron chi connectivity index (χ0n) is 20.6. The fourth-order valence-electron chi connectivity index (χ4n) is 3.61. The molecule has 1 heterocycles. The predicted molar refractivity (Wildman–Crippen MR) is 150 cm³/mol. The number of anilines is 2. The molecule has 0 aliphatic heterocycles. The molecular weight excluding hydrogens is 522 g/mol. The van der Waals surface area contributed by atoms with Gasteiger partial charge in [0.2, 0.25) is 5.91 Å². The molecule has 4 rings (SSSR count). The highest BCUT2D eigenvalue weighted by Crippen LogP contribution is 2.30. The van der Waals surface area contributed by atoms with Crippen LogP contribution in [-0.2, 0) is 4.79 Å². The first kappa shape index (κ1) is 26.9. The van der Waals surface area contributed by atoms with Crippen molar-refractivity contribution in [3.05, 3.63) is 89.3 Å². The van der Waals surface area contributed by atoms with E-state index in [4.69, 9.17) is 4.74 Å². The van der Waals surface area contributed by atoms with Crippen molar-refractivity contribution in [3.63, 3.8) is 0 Å². The molecule has 0 aliphatic carbocycles. The van der Waals surface area contributed by atoms with E-state index in [0.717, 1.165) is 21.9 Å². The topological polar surface area (TPSA) is 118 Å². The molecule has 1 atom stereocenters. The van der Waals surface area contributed by atoms with Crippen LogP contribution in [0.4, 0.5) is 10.8 Å². The maximum absolute atomic E-state index is 13.0. The molecule has 8 nitrogen and oxygen atoms in total. The number of benzene rings is 3. The number of methoxy groups -OCH3 is 1. The number of carboxylic acid groups (broad SMARTS) is 1. The minimum atomic E-state index is -1.17. The van der Waals surface area contributed by atoms with E-state index in [-0.39, 0.29) is 22.3 Å². The molecule has 0 radical (unpaired) electrons. The first-order valence-corrected chi connectivity index (χ1v) is 13.4. The van der Waals surface area contributed by atoms with Crippen LogP contribution in [0.25, 0.3) is 11.3 Å². The predicted octanol–water partition coefficient (Wildman–Crippen LogP) is 6.28. The Hall–Kier alpha value is -4.15. The van der Waals surface area contributed by atoms with E-state index in [0.29, 0.717) is 17.2 Å². The number of rotatable bonds is 10. The molecule has 1 unspecified atom stereocenters. The summed E-state index contributed by atoms with van der Waals surface area (Å²) < 4.78 is 5.19. The number of nitrogens with one attached hydrogen (secondary N) is 2. The van der Waals surface area contributed by atoms with Crippen molar-refractivity contribution in [1.82, 2.24) is 4.98 Å². The standard InChI is InChI=1S/C28H25N3O5S2/c1-3-24(26(33)31-28-30-23(16-37-28)17-11-13-19(36-2)14-12-17)38-20-8-6-7-18(15-20)29-25(32)21-9-4-5-10-22(21)27(34)35/h4-16,24H,3H2,1-2H3,(H,29,32)(H,34,35)(H,30,31,33). The molecule has 0 aliphatic rings. The average Bonchev–Trinajstić information content (AvgIpc) is 3.40. The van der Waals surface area contributed by atoms with Crippen LogP contribution in [0.2, 0.25) is 0 Å². The number of carboxylic acids is 1. The van der Waals surface area contributed by atoms with Crippen LogP contribution in [0.1, 0.15) is 34.1 Å². The number of amides is 2. The summed E-state index contributed by atoms with van der Waals surface area (Å²) >= 11 is 2.73. The summed E-state index contributed by atoms with van der Waals surface area (Å²) in [6.45, 7) is 1.93. The van der Waals surface area contributed by atoms with Gasteiger partial charge in [-0.3, -0.25) is 9.59 Å². The third kappa shape index (κ3) is 6.58. The van der Waals surface area contributed by atoms with Gasteiger partial charge in [-0.15, -0.1) is 23.1 Å². The van der Waals surface area contributed by atoms with E-state index in [1.54, 1.807) is 37.4 Å². The molecule has 0 spiro atoms. The van der Waals surface area contributed by atoms with Crippen LogP contribution in [0.15, 0.2) is 83.1 Å². The zero-order chi connectivity index (χ0) is 27.1. The lowest BCUT2D eigenvalue weighted by Gasteiger charge is -2.14. The summed E-state index contributed by atoms with van der Waals surface area (Å²) in [6.07, 6.45) is 0.579. The third-order valence-electron chi connectivity index (χ3n) is 5.56. The number of hydrogen-bond acceptors (Lipinski definition) is 7. The van der Waals surface area contributed by atoms with E-state index < -0.39 is 11.9 Å². The number of thiazole rings is 1. The van der Waals surface area contributed by atoms with Crippen LogP contribution in [-0.4, -0.2) is 40.2 Å². The van der Waals surface area contributed by atoms with E-state index in [2.05, 4.69) is 15.6 Å². The van der Waals surface area contributed by atoms with Crippen LogP contribution in [0.3, 0.4) is 0 Å². The SMILES string of the molecule is CCC(Sc1cccc(NC(=O)c2ccccc2C(=O)O)c1)C(=O)Nc1nc(-c2ccc(OC)cc2)cs1. The number of carbonyl (C=O) groups excluding carboxylic acids is 2. The Morgan fingerprint density at radius 1 is 1.00 bits per heavy atom. The molecule has 10 heteroatoms. The maximum Gasteiger partial charge on any atom is 0.336 e. The van der Waals surface area contributed by atoms with Gasteiger partial charge in [0.15, 0.2) is 5.13 Å². The van der Waals surface area contributed by atoms with Crippen molar-refractivity contribution in [2.24, 2.45) is 0 Å². The Balaban J connectivity index is 1.41. The first-order valence-electron chi connectivity index (χ1n) is 11.7. The van der Waals surface area contributed by atoms with Crippen LogP contribution in [0, 0.1) is 0 Å². The summed E-state index contributed by atoms with van der Waals surface area (Å²) in [6, 6.07) is 20.7. The van der Waals surface area contributed by atoms with Gasteiger partial charge in [-0.1, -0.05) is 25.1 Å². The Bertz CT molecular complexity index is 1450. The van der Waals surface area contributed by atoms with Gasteiger partial charge in [-0.2, -0.15) is 0 Å². The highest BCUT2D eigenvalue weighted by Gasteiger charge is 2.20. The number of carbonyl (C=O) groups is 3. The number of aromatic nitrogens is 1. The molecule has 0 saturated heterocycles. The highest BCUT2D eigenvalue weighted by atomic mass is 32.2. The van der Waals surface area contributed by atoms with Gasteiger partial charge in [-0.25, -0.2) is 9.78 Å². The molecule has 2 amide bonds. The molecule has 0 bridgehead atoms. The van der Waals surface area contributed by atoms with E-state index in [9.17, 15) is 19.5 Å². The minimum absolute atomic E-state index is 0.0707. The molecule has 3 N–H and O–H groups in total. The quantitative estimate of drug-likeness (QED) is 0.200. The molecule has 4 aromatic rings. The Morgan fingerprint density at radius 3 is 2.42 bits per heavy atom. The molecule has 38 heavy (non-hydrogen) atoms. The van der Waals surface area contributed by atoms with Crippen molar-refractivity contribution < 1.29 is 24.2 Å². The second-order valence-corrected chi connectivity index (χ2v) is 10.2. The molecule has 0 fully saturated rings. The number of ether oxygens (including phenoxy) is 1. The molecular formula is C28H25N3O5S2.